The summed E-state index contributed by atoms with van der Waals surface area (Å²) in [5.41, 5.74) is -0.718. The fourth-order valence-electron chi connectivity index (χ4n) is 3.59. The first kappa shape index (κ1) is 13.3. The van der Waals surface area contributed by atoms with E-state index in [4.69, 9.17) is 0 Å². The molecule has 3 rings (SSSR count). The highest BCUT2D eigenvalue weighted by atomic mass is 19.1. The van der Waals surface area contributed by atoms with E-state index < -0.39 is 22.8 Å². The Bertz CT molecular complexity index is 595. The zero-order chi connectivity index (χ0) is 14.9. The minimum atomic E-state index is -0.679. The van der Waals surface area contributed by atoms with Crippen molar-refractivity contribution in [3.8, 4) is 0 Å². The lowest BCUT2D eigenvalue weighted by Gasteiger charge is -2.33. The second kappa shape index (κ2) is 3.68. The van der Waals surface area contributed by atoms with Crippen LogP contribution >= 0.6 is 0 Å². The number of hydrogen-bond acceptors (Lipinski definition) is 2. The van der Waals surface area contributed by atoms with Gasteiger partial charge in [0.25, 0.3) is 0 Å². The van der Waals surface area contributed by atoms with E-state index in [9.17, 15) is 14.0 Å². The van der Waals surface area contributed by atoms with Gasteiger partial charge >= 0.3 is 0 Å². The molecule has 0 aromatic heterocycles. The van der Waals surface area contributed by atoms with Gasteiger partial charge in [-0.05, 0) is 32.4 Å². The van der Waals surface area contributed by atoms with E-state index in [2.05, 4.69) is 0 Å². The van der Waals surface area contributed by atoms with E-state index >= 15 is 0 Å². The normalized spacial score (nSPS) is 32.5. The summed E-state index contributed by atoms with van der Waals surface area (Å²) in [6.07, 6.45) is 0. The molecule has 1 aliphatic carbocycles. The highest BCUT2D eigenvalue weighted by molar-refractivity contribution is 6.12. The van der Waals surface area contributed by atoms with Crippen LogP contribution in [-0.2, 0) is 15.0 Å². The maximum atomic E-state index is 14.0. The zero-order valence-corrected chi connectivity index (χ0v) is 12.1. The van der Waals surface area contributed by atoms with Crippen molar-refractivity contribution in [3.63, 3.8) is 0 Å². The van der Waals surface area contributed by atoms with Gasteiger partial charge in [-0.3, -0.25) is 14.5 Å². The van der Waals surface area contributed by atoms with Crippen molar-refractivity contribution in [2.45, 2.75) is 38.6 Å². The van der Waals surface area contributed by atoms with Gasteiger partial charge in [0.1, 0.15) is 5.82 Å². The van der Waals surface area contributed by atoms with Gasteiger partial charge in [-0.1, -0.05) is 25.1 Å². The SMILES string of the molecule is CC1(c2ccccc2F)[C@@H]2C(=O)N(C(C)(C)C)C(=O)[C@@H]21. The summed E-state index contributed by atoms with van der Waals surface area (Å²) < 4.78 is 14.0. The van der Waals surface area contributed by atoms with Gasteiger partial charge in [-0.25, -0.2) is 4.39 Å². The molecule has 1 saturated carbocycles. The van der Waals surface area contributed by atoms with Crippen LogP contribution in [0, 0.1) is 17.7 Å². The summed E-state index contributed by atoms with van der Waals surface area (Å²) in [6.45, 7) is 7.34. The van der Waals surface area contributed by atoms with E-state index in [1.54, 1.807) is 18.2 Å². The number of amides is 2. The summed E-state index contributed by atoms with van der Waals surface area (Å²) in [6, 6.07) is 6.42. The smallest absolute Gasteiger partial charge is 0.234 e. The fraction of sp³-hybridized carbons (Fsp3) is 0.500. The van der Waals surface area contributed by atoms with E-state index in [1.807, 2.05) is 27.7 Å². The predicted octanol–water partition coefficient (Wildman–Crippen LogP) is 2.50. The zero-order valence-electron chi connectivity index (χ0n) is 12.1. The van der Waals surface area contributed by atoms with Gasteiger partial charge < -0.3 is 0 Å². The lowest BCUT2D eigenvalue weighted by molar-refractivity contribution is -0.147. The third-order valence-electron chi connectivity index (χ3n) is 4.61. The Morgan fingerprint density at radius 2 is 1.60 bits per heavy atom. The average molecular weight is 275 g/mol. The van der Waals surface area contributed by atoms with Crippen LogP contribution in [0.5, 0.6) is 0 Å². The Balaban J connectivity index is 2.00. The van der Waals surface area contributed by atoms with Crippen molar-refractivity contribution in [2.75, 3.05) is 0 Å². The number of rotatable bonds is 1. The summed E-state index contributed by atoms with van der Waals surface area (Å²) in [5.74, 6) is -1.50. The largest absolute Gasteiger partial charge is 0.277 e. The van der Waals surface area contributed by atoms with Crippen molar-refractivity contribution in [2.24, 2.45) is 11.8 Å². The van der Waals surface area contributed by atoms with Crippen LogP contribution in [-0.4, -0.2) is 22.3 Å². The fourth-order valence-corrected chi connectivity index (χ4v) is 3.59. The third-order valence-corrected chi connectivity index (χ3v) is 4.61. The quantitative estimate of drug-likeness (QED) is 0.738. The molecule has 2 fully saturated rings. The maximum absolute atomic E-state index is 14.0. The number of imide groups is 1. The van der Waals surface area contributed by atoms with Crippen molar-refractivity contribution in [3.05, 3.63) is 35.6 Å². The number of nitrogens with zero attached hydrogens (tertiary/aromatic N) is 1. The molecule has 1 heterocycles. The van der Waals surface area contributed by atoms with Crippen LogP contribution in [0.3, 0.4) is 0 Å². The summed E-state index contributed by atoms with van der Waals surface area (Å²) in [5, 5.41) is 0. The molecule has 1 aromatic carbocycles. The summed E-state index contributed by atoms with van der Waals surface area (Å²) >= 11 is 0. The lowest BCUT2D eigenvalue weighted by atomic mass is 9.90. The standard InChI is InChI=1S/C16H18FNO2/c1-15(2,3)18-13(19)11-12(14(18)20)16(11,4)9-7-5-6-8-10(9)17/h5-8,11-12H,1-4H3/t11-,12+,16?. The molecule has 2 aliphatic rings. The van der Waals surface area contributed by atoms with Crippen LogP contribution in [0.2, 0.25) is 0 Å². The van der Waals surface area contributed by atoms with Crippen molar-refractivity contribution in [1.29, 1.82) is 0 Å². The van der Waals surface area contributed by atoms with Crippen molar-refractivity contribution in [1.82, 2.24) is 4.90 Å². The monoisotopic (exact) mass is 275 g/mol. The van der Waals surface area contributed by atoms with Gasteiger partial charge in [0.05, 0.1) is 11.8 Å². The Labute approximate surface area is 117 Å². The molecular formula is C16H18FNO2. The van der Waals surface area contributed by atoms with Gasteiger partial charge in [-0.2, -0.15) is 0 Å². The molecule has 20 heavy (non-hydrogen) atoms. The molecular weight excluding hydrogens is 257 g/mol. The topological polar surface area (TPSA) is 37.4 Å². The van der Waals surface area contributed by atoms with Gasteiger partial charge in [0.15, 0.2) is 0 Å². The van der Waals surface area contributed by atoms with E-state index in [0.29, 0.717) is 5.56 Å². The van der Waals surface area contributed by atoms with Crippen LogP contribution in [0.15, 0.2) is 24.3 Å². The van der Waals surface area contributed by atoms with Gasteiger partial charge in [0, 0.05) is 11.0 Å². The molecule has 0 bridgehead atoms. The second-order valence-electron chi connectivity index (χ2n) is 6.90. The van der Waals surface area contributed by atoms with Gasteiger partial charge in [-0.15, -0.1) is 0 Å². The van der Waals surface area contributed by atoms with Gasteiger partial charge in [0.2, 0.25) is 11.8 Å². The molecule has 3 atom stereocenters. The molecule has 0 spiro atoms. The summed E-state index contributed by atoms with van der Waals surface area (Å²) in [4.78, 5) is 26.3. The highest BCUT2D eigenvalue weighted by Gasteiger charge is 2.76. The number of fused-ring (bicyclic) bond motifs is 1. The number of halogens is 1. The number of benzene rings is 1. The average Bonchev–Trinajstić information content (AvgIpc) is 2.84. The third kappa shape index (κ3) is 1.45. The number of carbonyl (C=O) groups is 2. The minimum absolute atomic E-state index is 0.168. The molecule has 1 aromatic rings. The van der Waals surface area contributed by atoms with Crippen LogP contribution in [0.1, 0.15) is 33.3 Å². The molecule has 1 saturated heterocycles. The van der Waals surface area contributed by atoms with E-state index in [0.717, 1.165) is 0 Å². The molecule has 0 radical (unpaired) electrons. The molecule has 2 amide bonds. The number of piperidine rings is 1. The predicted molar refractivity (Wildman–Crippen MR) is 72.3 cm³/mol. The Morgan fingerprint density at radius 3 is 2.05 bits per heavy atom. The number of carbonyl (C=O) groups excluding carboxylic acids is 2. The molecule has 3 nitrogen and oxygen atoms in total. The molecule has 1 unspecified atom stereocenters. The maximum Gasteiger partial charge on any atom is 0.234 e. The Kier molecular flexibility index (Phi) is 2.45. The van der Waals surface area contributed by atoms with E-state index in [-0.39, 0.29) is 17.6 Å². The first-order valence-corrected chi connectivity index (χ1v) is 6.83. The minimum Gasteiger partial charge on any atom is -0.277 e. The van der Waals surface area contributed by atoms with Crippen LogP contribution in [0.25, 0.3) is 0 Å². The first-order chi connectivity index (χ1) is 9.20. The molecule has 106 valence electrons. The Morgan fingerprint density at radius 1 is 1.10 bits per heavy atom. The number of hydrogen-bond donors (Lipinski definition) is 0. The van der Waals surface area contributed by atoms with Crippen molar-refractivity contribution < 1.29 is 14.0 Å². The summed E-state index contributed by atoms with van der Waals surface area (Å²) in [7, 11) is 0. The Hall–Kier alpha value is -1.71. The number of likely N-dealkylation sites (tertiary alicyclic amines) is 1. The highest BCUT2D eigenvalue weighted by Crippen LogP contribution is 2.65. The second-order valence-corrected chi connectivity index (χ2v) is 6.90. The van der Waals surface area contributed by atoms with Crippen LogP contribution in [0.4, 0.5) is 4.39 Å². The molecule has 4 heteroatoms. The first-order valence-electron chi connectivity index (χ1n) is 6.83. The van der Waals surface area contributed by atoms with E-state index in [1.165, 1.54) is 11.0 Å². The molecule has 1 aliphatic heterocycles. The molecule has 0 N–H and O–H groups in total. The lowest BCUT2D eigenvalue weighted by Crippen LogP contribution is -2.49. The van der Waals surface area contributed by atoms with Crippen molar-refractivity contribution >= 4 is 11.8 Å². The van der Waals surface area contributed by atoms with Crippen LogP contribution < -0.4 is 0 Å².